The van der Waals surface area contributed by atoms with E-state index in [1.54, 1.807) is 4.90 Å². The topological polar surface area (TPSA) is 80.7 Å². The second-order valence-electron chi connectivity index (χ2n) is 5.85. The summed E-state index contributed by atoms with van der Waals surface area (Å²) in [7, 11) is 1.47. The Morgan fingerprint density at radius 1 is 1.14 bits per heavy atom. The van der Waals surface area contributed by atoms with E-state index in [2.05, 4.69) is 15.0 Å². The number of rotatable bonds is 2. The van der Waals surface area contributed by atoms with E-state index in [4.69, 9.17) is 21.1 Å². The van der Waals surface area contributed by atoms with Gasteiger partial charge in [0.15, 0.2) is 0 Å². The Bertz CT molecular complexity index is 541. The van der Waals surface area contributed by atoms with Crippen molar-refractivity contribution < 1.29 is 14.3 Å². The van der Waals surface area contributed by atoms with E-state index in [1.165, 1.54) is 7.11 Å². The molecular formula is C13H20ClN5O3. The molecule has 0 aromatic carbocycles. The second-order valence-corrected chi connectivity index (χ2v) is 6.18. The summed E-state index contributed by atoms with van der Waals surface area (Å²) in [6.07, 6.45) is -0.307. The van der Waals surface area contributed by atoms with E-state index < -0.39 is 5.60 Å². The third-order valence-electron chi connectivity index (χ3n) is 2.97. The van der Waals surface area contributed by atoms with Gasteiger partial charge in [-0.2, -0.15) is 15.0 Å². The molecule has 2 heterocycles. The Balaban J connectivity index is 1.97. The molecule has 0 aliphatic carbocycles. The Kier molecular flexibility index (Phi) is 4.90. The number of carbonyl (C=O) groups excluding carboxylic acids is 1. The Morgan fingerprint density at radius 2 is 1.77 bits per heavy atom. The molecule has 0 bridgehead atoms. The van der Waals surface area contributed by atoms with E-state index in [9.17, 15) is 4.79 Å². The molecule has 0 atom stereocenters. The van der Waals surface area contributed by atoms with Crippen LogP contribution in [0, 0.1) is 0 Å². The molecule has 1 aromatic heterocycles. The summed E-state index contributed by atoms with van der Waals surface area (Å²) in [6.45, 7) is 7.77. The first-order valence-corrected chi connectivity index (χ1v) is 7.35. The minimum absolute atomic E-state index is 0.0800. The maximum absolute atomic E-state index is 12.0. The minimum atomic E-state index is -0.497. The lowest BCUT2D eigenvalue weighted by Gasteiger charge is -2.35. The van der Waals surface area contributed by atoms with Gasteiger partial charge in [0.25, 0.3) is 0 Å². The average molecular weight is 330 g/mol. The van der Waals surface area contributed by atoms with Gasteiger partial charge in [0.05, 0.1) is 7.11 Å². The average Bonchev–Trinajstić information content (AvgIpc) is 2.45. The molecule has 8 nitrogen and oxygen atoms in total. The minimum Gasteiger partial charge on any atom is -0.467 e. The fourth-order valence-corrected chi connectivity index (χ4v) is 2.12. The van der Waals surface area contributed by atoms with Gasteiger partial charge in [-0.15, -0.1) is 0 Å². The highest BCUT2D eigenvalue weighted by Gasteiger charge is 2.27. The van der Waals surface area contributed by atoms with Gasteiger partial charge in [-0.25, -0.2) is 4.79 Å². The highest BCUT2D eigenvalue weighted by Crippen LogP contribution is 2.17. The predicted molar refractivity (Wildman–Crippen MR) is 81.4 cm³/mol. The maximum Gasteiger partial charge on any atom is 0.410 e. The maximum atomic E-state index is 12.0. The van der Waals surface area contributed by atoms with Crippen molar-refractivity contribution in [2.24, 2.45) is 0 Å². The first-order valence-electron chi connectivity index (χ1n) is 6.97. The van der Waals surface area contributed by atoms with Crippen molar-refractivity contribution in [1.82, 2.24) is 19.9 Å². The molecule has 2 rings (SSSR count). The Hall–Kier alpha value is -1.83. The Morgan fingerprint density at radius 3 is 2.32 bits per heavy atom. The summed E-state index contributed by atoms with van der Waals surface area (Å²) in [5, 5.41) is 0.0800. The molecule has 0 spiro atoms. The van der Waals surface area contributed by atoms with Crippen LogP contribution >= 0.6 is 11.6 Å². The van der Waals surface area contributed by atoms with Crippen molar-refractivity contribution in [3.63, 3.8) is 0 Å². The number of ether oxygens (including phenoxy) is 2. The number of hydrogen-bond donors (Lipinski definition) is 0. The predicted octanol–water partition coefficient (Wildman–Crippen LogP) is 1.59. The molecule has 1 saturated heterocycles. The van der Waals surface area contributed by atoms with Gasteiger partial charge in [0, 0.05) is 26.2 Å². The lowest BCUT2D eigenvalue weighted by atomic mass is 10.2. The van der Waals surface area contributed by atoms with Crippen LogP contribution in [0.25, 0.3) is 0 Å². The van der Waals surface area contributed by atoms with Gasteiger partial charge >= 0.3 is 12.1 Å². The van der Waals surface area contributed by atoms with E-state index in [1.807, 2.05) is 25.7 Å². The molecule has 1 amide bonds. The number of aromatic nitrogens is 3. The van der Waals surface area contributed by atoms with Gasteiger partial charge < -0.3 is 19.3 Å². The van der Waals surface area contributed by atoms with Crippen molar-refractivity contribution in [2.45, 2.75) is 26.4 Å². The third-order valence-corrected chi connectivity index (χ3v) is 3.14. The highest BCUT2D eigenvalue weighted by atomic mass is 35.5. The summed E-state index contributed by atoms with van der Waals surface area (Å²) in [4.78, 5) is 27.7. The normalized spacial score (nSPS) is 15.7. The quantitative estimate of drug-likeness (QED) is 0.815. The highest BCUT2D eigenvalue weighted by molar-refractivity contribution is 6.28. The van der Waals surface area contributed by atoms with E-state index in [0.29, 0.717) is 32.1 Å². The number of nitrogens with zero attached hydrogens (tertiary/aromatic N) is 5. The summed E-state index contributed by atoms with van der Waals surface area (Å²) in [5.41, 5.74) is -0.497. The smallest absolute Gasteiger partial charge is 0.410 e. The van der Waals surface area contributed by atoms with Gasteiger partial charge in [-0.1, -0.05) is 0 Å². The molecule has 1 aliphatic rings. The summed E-state index contributed by atoms with van der Waals surface area (Å²) in [5.74, 6) is 0.445. The number of halogens is 1. The fraction of sp³-hybridized carbons (Fsp3) is 0.692. The van der Waals surface area contributed by atoms with Crippen LogP contribution < -0.4 is 9.64 Å². The van der Waals surface area contributed by atoms with Crippen LogP contribution in [0.15, 0.2) is 0 Å². The molecule has 122 valence electrons. The van der Waals surface area contributed by atoms with Crippen LogP contribution in [0.1, 0.15) is 20.8 Å². The Labute approximate surface area is 134 Å². The number of hydrogen-bond acceptors (Lipinski definition) is 7. The molecule has 9 heteroatoms. The van der Waals surface area contributed by atoms with Gasteiger partial charge in [0.1, 0.15) is 5.60 Å². The SMILES string of the molecule is COc1nc(Cl)nc(N2CCN(C(=O)OC(C)(C)C)CC2)n1. The van der Waals surface area contributed by atoms with E-state index in [0.717, 1.165) is 0 Å². The van der Waals surface area contributed by atoms with Crippen LogP contribution in [0.3, 0.4) is 0 Å². The molecule has 22 heavy (non-hydrogen) atoms. The van der Waals surface area contributed by atoms with Crippen molar-refractivity contribution in [3.8, 4) is 6.01 Å². The monoisotopic (exact) mass is 329 g/mol. The van der Waals surface area contributed by atoms with Crippen LogP contribution in [0.2, 0.25) is 5.28 Å². The van der Waals surface area contributed by atoms with Crippen molar-refractivity contribution >= 4 is 23.6 Å². The number of amides is 1. The lowest BCUT2D eigenvalue weighted by Crippen LogP contribution is -2.50. The standard InChI is InChI=1S/C13H20ClN5O3/c1-13(2,3)22-12(20)19-7-5-18(6-8-19)10-15-9(14)16-11(17-10)21-4/h5-8H2,1-4H3. The molecular weight excluding hydrogens is 310 g/mol. The zero-order chi connectivity index (χ0) is 16.3. The molecule has 1 fully saturated rings. The van der Waals surface area contributed by atoms with Crippen LogP contribution in [0.5, 0.6) is 6.01 Å². The fourth-order valence-electron chi connectivity index (χ4n) is 1.97. The largest absolute Gasteiger partial charge is 0.467 e. The molecule has 1 aliphatic heterocycles. The number of anilines is 1. The van der Waals surface area contributed by atoms with Gasteiger partial charge in [-0.3, -0.25) is 0 Å². The van der Waals surface area contributed by atoms with Gasteiger partial charge in [0.2, 0.25) is 11.2 Å². The van der Waals surface area contributed by atoms with Crippen LogP contribution in [-0.4, -0.2) is 64.8 Å². The van der Waals surface area contributed by atoms with Crippen molar-refractivity contribution in [1.29, 1.82) is 0 Å². The summed E-state index contributed by atoms with van der Waals surface area (Å²) >= 11 is 5.85. The summed E-state index contributed by atoms with van der Waals surface area (Å²) in [6, 6.07) is 0.171. The first-order chi connectivity index (χ1) is 10.3. The number of carbonyl (C=O) groups is 1. The molecule has 0 radical (unpaired) electrons. The third kappa shape index (κ3) is 4.33. The number of piperazine rings is 1. The lowest BCUT2D eigenvalue weighted by molar-refractivity contribution is 0.0240. The first kappa shape index (κ1) is 16.5. The zero-order valence-electron chi connectivity index (χ0n) is 13.2. The van der Waals surface area contributed by atoms with E-state index >= 15 is 0 Å². The molecule has 0 N–H and O–H groups in total. The molecule has 1 aromatic rings. The van der Waals surface area contributed by atoms with Crippen LogP contribution in [0.4, 0.5) is 10.7 Å². The van der Waals surface area contributed by atoms with Crippen molar-refractivity contribution in [2.75, 3.05) is 38.2 Å². The molecule has 0 saturated carbocycles. The van der Waals surface area contributed by atoms with Crippen LogP contribution in [-0.2, 0) is 4.74 Å². The van der Waals surface area contributed by atoms with Gasteiger partial charge in [-0.05, 0) is 32.4 Å². The van der Waals surface area contributed by atoms with E-state index in [-0.39, 0.29) is 17.4 Å². The zero-order valence-corrected chi connectivity index (χ0v) is 13.9. The van der Waals surface area contributed by atoms with Crippen molar-refractivity contribution in [3.05, 3.63) is 5.28 Å². The summed E-state index contributed by atoms with van der Waals surface area (Å²) < 4.78 is 10.3. The second kappa shape index (κ2) is 6.51. The molecule has 0 unspecified atom stereocenters. The number of methoxy groups -OCH3 is 1.